The Morgan fingerprint density at radius 1 is 1.08 bits per heavy atom. The number of hydrogen-bond acceptors (Lipinski definition) is 5. The molecule has 1 aliphatic heterocycles. The lowest BCUT2D eigenvalue weighted by Crippen LogP contribution is -2.46. The highest BCUT2D eigenvalue weighted by Crippen LogP contribution is 2.23. The molecule has 124 valence electrons. The number of fused-ring (bicyclic) bond motifs is 1. The molecule has 0 saturated carbocycles. The van der Waals surface area contributed by atoms with Crippen molar-refractivity contribution < 1.29 is 8.78 Å². The van der Waals surface area contributed by atoms with Crippen LogP contribution in [0.1, 0.15) is 23.9 Å². The maximum absolute atomic E-state index is 13.0. The molecule has 8 heteroatoms. The molecule has 0 amide bonds. The largest absolute Gasteiger partial charge is 0.352 e. The van der Waals surface area contributed by atoms with Gasteiger partial charge in [-0.2, -0.15) is 4.52 Å². The lowest BCUT2D eigenvalue weighted by Gasteiger charge is -2.34. The molecule has 1 aliphatic rings. The van der Waals surface area contributed by atoms with Crippen molar-refractivity contribution in [2.75, 3.05) is 24.5 Å². The van der Waals surface area contributed by atoms with Crippen LogP contribution < -0.4 is 10.2 Å². The molecule has 0 aliphatic carbocycles. The average molecular weight is 330 g/mol. The van der Waals surface area contributed by atoms with Crippen LogP contribution in [0.3, 0.4) is 0 Å². The monoisotopic (exact) mass is 330 g/mol. The van der Waals surface area contributed by atoms with Crippen molar-refractivity contribution in [1.29, 1.82) is 0 Å². The standard InChI is InChI=1S/C16H16F2N6/c17-15(18)16-21-20-13-6-7-14(22-24(13)16)23-9-8-19-12(10-23)11-4-2-1-3-5-11/h1-7,12,15,19H,8-10H2. The Hall–Kier alpha value is -2.61. The fourth-order valence-electron chi connectivity index (χ4n) is 2.97. The molecule has 6 nitrogen and oxygen atoms in total. The van der Waals surface area contributed by atoms with E-state index in [9.17, 15) is 8.78 Å². The number of nitrogens with one attached hydrogen (secondary N) is 1. The number of rotatable bonds is 3. The van der Waals surface area contributed by atoms with E-state index in [-0.39, 0.29) is 6.04 Å². The van der Waals surface area contributed by atoms with E-state index in [0.717, 1.165) is 17.6 Å². The van der Waals surface area contributed by atoms with Gasteiger partial charge in [0.2, 0.25) is 5.82 Å². The lowest BCUT2D eigenvalue weighted by molar-refractivity contribution is 0.137. The maximum atomic E-state index is 13.0. The Labute approximate surface area is 137 Å². The Kier molecular flexibility index (Phi) is 3.81. The molecule has 1 atom stereocenters. The molecule has 1 saturated heterocycles. The summed E-state index contributed by atoms with van der Waals surface area (Å²) >= 11 is 0. The molecule has 1 N–H and O–H groups in total. The third-order valence-electron chi connectivity index (χ3n) is 4.17. The second-order valence-electron chi connectivity index (χ2n) is 5.68. The normalized spacial score (nSPS) is 18.5. The lowest BCUT2D eigenvalue weighted by atomic mass is 10.0. The van der Waals surface area contributed by atoms with Crippen molar-refractivity contribution >= 4 is 11.5 Å². The Morgan fingerprint density at radius 3 is 2.71 bits per heavy atom. The number of nitrogens with zero attached hydrogens (tertiary/aromatic N) is 5. The van der Waals surface area contributed by atoms with Crippen molar-refractivity contribution in [3.63, 3.8) is 0 Å². The van der Waals surface area contributed by atoms with Gasteiger partial charge in [0.25, 0.3) is 6.43 Å². The van der Waals surface area contributed by atoms with E-state index in [1.807, 2.05) is 18.2 Å². The van der Waals surface area contributed by atoms with Crippen molar-refractivity contribution in [3.8, 4) is 0 Å². The molecule has 3 aromatic rings. The highest BCUT2D eigenvalue weighted by molar-refractivity contribution is 5.46. The fraction of sp³-hybridized carbons (Fsp3) is 0.312. The van der Waals surface area contributed by atoms with E-state index in [0.29, 0.717) is 18.0 Å². The smallest absolute Gasteiger partial charge is 0.299 e. The zero-order valence-electron chi connectivity index (χ0n) is 12.8. The predicted molar refractivity (Wildman–Crippen MR) is 85.1 cm³/mol. The molecule has 0 spiro atoms. The van der Waals surface area contributed by atoms with E-state index < -0.39 is 12.2 Å². The van der Waals surface area contributed by atoms with Crippen molar-refractivity contribution in [1.82, 2.24) is 25.1 Å². The number of piperazine rings is 1. The summed E-state index contributed by atoms with van der Waals surface area (Å²) in [4.78, 5) is 2.09. The van der Waals surface area contributed by atoms with Gasteiger partial charge < -0.3 is 10.2 Å². The van der Waals surface area contributed by atoms with E-state index in [1.54, 1.807) is 12.1 Å². The van der Waals surface area contributed by atoms with E-state index in [2.05, 4.69) is 37.6 Å². The molecule has 24 heavy (non-hydrogen) atoms. The van der Waals surface area contributed by atoms with Crippen LogP contribution >= 0.6 is 0 Å². The number of anilines is 1. The summed E-state index contributed by atoms with van der Waals surface area (Å²) in [6, 6.07) is 13.8. The third kappa shape index (κ3) is 2.69. The van der Waals surface area contributed by atoms with Crippen LogP contribution in [0.4, 0.5) is 14.6 Å². The van der Waals surface area contributed by atoms with Crippen LogP contribution in [0, 0.1) is 0 Å². The highest BCUT2D eigenvalue weighted by atomic mass is 19.3. The molecule has 0 bridgehead atoms. The first-order valence-electron chi connectivity index (χ1n) is 7.76. The van der Waals surface area contributed by atoms with Crippen LogP contribution in [0.25, 0.3) is 5.65 Å². The van der Waals surface area contributed by atoms with Crippen molar-refractivity contribution in [2.24, 2.45) is 0 Å². The zero-order chi connectivity index (χ0) is 16.5. The average Bonchev–Trinajstić information content (AvgIpc) is 3.06. The first-order valence-corrected chi connectivity index (χ1v) is 7.76. The van der Waals surface area contributed by atoms with E-state index in [1.165, 1.54) is 5.56 Å². The van der Waals surface area contributed by atoms with Crippen LogP contribution in [-0.4, -0.2) is 39.4 Å². The minimum absolute atomic E-state index is 0.174. The van der Waals surface area contributed by atoms with Crippen LogP contribution in [0.2, 0.25) is 0 Å². The van der Waals surface area contributed by atoms with Gasteiger partial charge in [0.1, 0.15) is 5.82 Å². The molecular weight excluding hydrogens is 314 g/mol. The van der Waals surface area contributed by atoms with Crippen LogP contribution in [0.15, 0.2) is 42.5 Å². The van der Waals surface area contributed by atoms with Crippen LogP contribution in [-0.2, 0) is 0 Å². The SMILES string of the molecule is FC(F)c1nnc2ccc(N3CCNC(c4ccccc4)C3)nn12. The Balaban J connectivity index is 1.63. The summed E-state index contributed by atoms with van der Waals surface area (Å²) in [6.07, 6.45) is -2.71. The van der Waals surface area contributed by atoms with Gasteiger partial charge in [-0.15, -0.1) is 15.3 Å². The highest BCUT2D eigenvalue weighted by Gasteiger charge is 2.23. The van der Waals surface area contributed by atoms with Gasteiger partial charge >= 0.3 is 0 Å². The summed E-state index contributed by atoms with van der Waals surface area (Å²) in [5.41, 5.74) is 1.52. The molecule has 1 unspecified atom stereocenters. The minimum Gasteiger partial charge on any atom is -0.352 e. The summed E-state index contributed by atoms with van der Waals surface area (Å²) in [5, 5.41) is 15.0. The minimum atomic E-state index is -2.71. The summed E-state index contributed by atoms with van der Waals surface area (Å²) in [7, 11) is 0. The number of halogens is 2. The third-order valence-corrected chi connectivity index (χ3v) is 4.17. The molecular formula is C16H16F2N6. The van der Waals surface area contributed by atoms with Crippen molar-refractivity contribution in [3.05, 3.63) is 53.9 Å². The molecule has 0 radical (unpaired) electrons. The van der Waals surface area contributed by atoms with Gasteiger partial charge in [0.15, 0.2) is 5.65 Å². The summed E-state index contributed by atoms with van der Waals surface area (Å²) in [5.74, 6) is 0.216. The Bertz CT molecular complexity index is 835. The fourth-order valence-corrected chi connectivity index (χ4v) is 2.97. The summed E-state index contributed by atoms with van der Waals surface area (Å²) in [6.45, 7) is 2.27. The van der Waals surface area contributed by atoms with Gasteiger partial charge in [-0.05, 0) is 17.7 Å². The van der Waals surface area contributed by atoms with E-state index in [4.69, 9.17) is 0 Å². The van der Waals surface area contributed by atoms with Gasteiger partial charge in [-0.25, -0.2) is 8.78 Å². The quantitative estimate of drug-likeness (QED) is 0.798. The van der Waals surface area contributed by atoms with Gasteiger partial charge in [-0.1, -0.05) is 30.3 Å². The van der Waals surface area contributed by atoms with Gasteiger partial charge in [0, 0.05) is 25.7 Å². The molecule has 4 rings (SSSR count). The van der Waals surface area contributed by atoms with Crippen LogP contribution in [0.5, 0.6) is 0 Å². The number of benzene rings is 1. The molecule has 1 fully saturated rings. The topological polar surface area (TPSA) is 58.4 Å². The second-order valence-corrected chi connectivity index (χ2v) is 5.68. The second kappa shape index (κ2) is 6.12. The number of hydrogen-bond donors (Lipinski definition) is 1. The first kappa shape index (κ1) is 14.9. The summed E-state index contributed by atoms with van der Waals surface area (Å²) < 4.78 is 27.1. The first-order chi connectivity index (χ1) is 11.7. The molecule has 2 aromatic heterocycles. The molecule has 1 aromatic carbocycles. The number of alkyl halides is 2. The zero-order valence-corrected chi connectivity index (χ0v) is 12.8. The van der Waals surface area contributed by atoms with Crippen molar-refractivity contribution in [2.45, 2.75) is 12.5 Å². The predicted octanol–water partition coefficient (Wildman–Crippen LogP) is 2.21. The van der Waals surface area contributed by atoms with Gasteiger partial charge in [-0.3, -0.25) is 0 Å². The molecule has 3 heterocycles. The number of aromatic nitrogens is 4. The van der Waals surface area contributed by atoms with E-state index >= 15 is 0 Å². The Morgan fingerprint density at radius 2 is 1.92 bits per heavy atom. The van der Waals surface area contributed by atoms with Gasteiger partial charge in [0.05, 0.1) is 0 Å². The maximum Gasteiger partial charge on any atom is 0.299 e.